The number of aliphatic carboxylic acids is 1. The molecule has 5 rings (SSSR count). The lowest BCUT2D eigenvalue weighted by atomic mass is 9.94. The third-order valence-electron chi connectivity index (χ3n) is 7.63. The number of amides is 1. The highest BCUT2D eigenvalue weighted by atomic mass is 16.5. The van der Waals surface area contributed by atoms with Gasteiger partial charge in [-0.05, 0) is 68.8 Å². The predicted molar refractivity (Wildman–Crippen MR) is 174 cm³/mol. The van der Waals surface area contributed by atoms with Crippen molar-refractivity contribution >= 4 is 45.9 Å². The number of carbonyl (C=O) groups is 2. The maximum Gasteiger partial charge on any atom is 0.310 e. The van der Waals surface area contributed by atoms with Gasteiger partial charge in [0.25, 0.3) is 0 Å². The van der Waals surface area contributed by atoms with E-state index in [4.69, 9.17) is 14.5 Å². The van der Waals surface area contributed by atoms with Crippen LogP contribution in [0.3, 0.4) is 0 Å². The monoisotopic (exact) mass is 613 g/mol. The molecule has 0 bridgehead atoms. The summed E-state index contributed by atoms with van der Waals surface area (Å²) in [6.07, 6.45) is 4.04. The third-order valence-corrected chi connectivity index (χ3v) is 7.63. The molecule has 0 unspecified atom stereocenters. The number of nitrogens with zero attached hydrogens (tertiary/aromatic N) is 4. The molecule has 1 atom stereocenters. The van der Waals surface area contributed by atoms with Gasteiger partial charge in [0.15, 0.2) is 0 Å². The quantitative estimate of drug-likeness (QED) is 0.138. The Balaban J connectivity index is 1.39. The summed E-state index contributed by atoms with van der Waals surface area (Å²) in [6, 6.07) is 17.0. The largest absolute Gasteiger partial charge is 0.481 e. The lowest BCUT2D eigenvalue weighted by Crippen LogP contribution is -2.29. The van der Waals surface area contributed by atoms with Crippen molar-refractivity contribution in [3.05, 3.63) is 73.4 Å². The van der Waals surface area contributed by atoms with Crippen molar-refractivity contribution in [2.45, 2.75) is 32.9 Å². The number of hydrogen-bond acceptors (Lipinski definition) is 9. The fourth-order valence-electron chi connectivity index (χ4n) is 5.12. The van der Waals surface area contributed by atoms with Gasteiger partial charge in [-0.2, -0.15) is 9.97 Å². The van der Waals surface area contributed by atoms with Gasteiger partial charge in [-0.3, -0.25) is 14.5 Å². The van der Waals surface area contributed by atoms with E-state index in [-0.39, 0.29) is 24.3 Å². The lowest BCUT2D eigenvalue weighted by molar-refractivity contribution is -0.147. The van der Waals surface area contributed by atoms with Crippen LogP contribution in [-0.4, -0.2) is 75.8 Å². The van der Waals surface area contributed by atoms with Crippen LogP contribution in [0.2, 0.25) is 0 Å². The first-order chi connectivity index (χ1) is 21.6. The van der Waals surface area contributed by atoms with Gasteiger partial charge in [-0.15, -0.1) is 0 Å². The molecule has 2 aromatic carbocycles. The van der Waals surface area contributed by atoms with Crippen molar-refractivity contribution in [3.8, 4) is 11.6 Å². The fraction of sp³-hybridized carbons (Fsp3) is 0.333. The first-order valence-electron chi connectivity index (χ1n) is 14.8. The van der Waals surface area contributed by atoms with Gasteiger partial charge in [0.05, 0.1) is 17.4 Å². The smallest absolute Gasteiger partial charge is 0.310 e. The minimum absolute atomic E-state index is 0.190. The van der Waals surface area contributed by atoms with Crippen LogP contribution in [0.5, 0.6) is 11.6 Å². The van der Waals surface area contributed by atoms with Crippen LogP contribution in [0.4, 0.5) is 23.0 Å². The SMILES string of the molecule is C=CC(=O)Nc1cccc(Oc2nc(Nc3ccc(N[C@H]4CCN(CCOC)C4)cc3)nc3c2ccn3CC(C)(C)C(=O)O)c1. The van der Waals surface area contributed by atoms with Crippen LogP contribution in [-0.2, 0) is 20.9 Å². The van der Waals surface area contributed by atoms with Gasteiger partial charge in [-0.1, -0.05) is 12.6 Å². The Hall–Kier alpha value is -4.94. The summed E-state index contributed by atoms with van der Waals surface area (Å²) in [5.74, 6) is -0.244. The fourth-order valence-corrected chi connectivity index (χ4v) is 5.12. The topological polar surface area (TPSA) is 143 Å². The number of rotatable bonds is 14. The molecule has 1 aliphatic rings. The van der Waals surface area contributed by atoms with Crippen LogP contribution in [0.25, 0.3) is 11.0 Å². The van der Waals surface area contributed by atoms with E-state index in [1.165, 1.54) is 6.08 Å². The molecule has 2 aromatic heterocycles. The minimum atomic E-state index is -1.04. The number of methoxy groups -OCH3 is 1. The second-order valence-corrected chi connectivity index (χ2v) is 11.7. The Morgan fingerprint density at radius 1 is 1.11 bits per heavy atom. The van der Waals surface area contributed by atoms with Crippen molar-refractivity contribution in [3.63, 3.8) is 0 Å². The Bertz CT molecular complexity index is 1670. The number of nitrogens with one attached hydrogen (secondary N) is 3. The molecule has 0 saturated carbocycles. The number of benzene rings is 2. The van der Waals surface area contributed by atoms with Crippen LogP contribution in [0.1, 0.15) is 20.3 Å². The van der Waals surface area contributed by atoms with E-state index in [2.05, 4.69) is 32.4 Å². The number of aromatic nitrogens is 3. The van der Waals surface area contributed by atoms with Crippen LogP contribution < -0.4 is 20.7 Å². The van der Waals surface area contributed by atoms with E-state index in [9.17, 15) is 14.7 Å². The van der Waals surface area contributed by atoms with E-state index in [0.29, 0.717) is 28.5 Å². The molecule has 4 N–H and O–H groups in total. The van der Waals surface area contributed by atoms with E-state index in [1.54, 1.807) is 62.1 Å². The maximum atomic E-state index is 11.9. The molecule has 3 heterocycles. The maximum absolute atomic E-state index is 11.9. The van der Waals surface area contributed by atoms with Crippen LogP contribution >= 0.6 is 0 Å². The number of fused-ring (bicyclic) bond motifs is 1. The molecular weight excluding hydrogens is 574 g/mol. The predicted octanol–water partition coefficient (Wildman–Crippen LogP) is 5.34. The minimum Gasteiger partial charge on any atom is -0.481 e. The Morgan fingerprint density at radius 2 is 1.89 bits per heavy atom. The van der Waals surface area contributed by atoms with Crippen molar-refractivity contribution in [1.29, 1.82) is 0 Å². The number of carboxylic acids is 1. The van der Waals surface area contributed by atoms with Gasteiger partial charge in [-0.25, -0.2) is 0 Å². The van der Waals surface area contributed by atoms with Crippen molar-refractivity contribution in [2.75, 3.05) is 49.3 Å². The summed E-state index contributed by atoms with van der Waals surface area (Å²) in [7, 11) is 1.72. The summed E-state index contributed by atoms with van der Waals surface area (Å²) in [5.41, 5.74) is 1.82. The zero-order valence-corrected chi connectivity index (χ0v) is 25.7. The molecule has 1 saturated heterocycles. The molecule has 1 aliphatic heterocycles. The van der Waals surface area contributed by atoms with Crippen molar-refractivity contribution in [2.24, 2.45) is 5.41 Å². The van der Waals surface area contributed by atoms with E-state index < -0.39 is 11.4 Å². The highest BCUT2D eigenvalue weighted by Gasteiger charge is 2.29. The number of carboxylic acid groups (broad SMARTS) is 1. The average Bonchev–Trinajstić information content (AvgIpc) is 3.63. The van der Waals surface area contributed by atoms with E-state index >= 15 is 0 Å². The van der Waals surface area contributed by atoms with E-state index in [1.807, 2.05) is 24.3 Å². The molecule has 0 spiro atoms. The average molecular weight is 614 g/mol. The van der Waals surface area contributed by atoms with Crippen LogP contribution in [0.15, 0.2) is 73.4 Å². The summed E-state index contributed by atoms with van der Waals surface area (Å²) in [4.78, 5) is 35.5. The van der Waals surface area contributed by atoms with Crippen LogP contribution in [0, 0.1) is 5.41 Å². The second kappa shape index (κ2) is 13.8. The molecule has 236 valence electrons. The highest BCUT2D eigenvalue weighted by Crippen LogP contribution is 2.33. The molecule has 0 radical (unpaired) electrons. The zero-order chi connectivity index (χ0) is 32.0. The second-order valence-electron chi connectivity index (χ2n) is 11.7. The normalized spacial score (nSPS) is 15.1. The Morgan fingerprint density at radius 3 is 2.62 bits per heavy atom. The van der Waals surface area contributed by atoms with Gasteiger partial charge >= 0.3 is 5.97 Å². The van der Waals surface area contributed by atoms with Crippen molar-refractivity contribution < 1.29 is 24.2 Å². The molecular formula is C33H39N7O5. The molecule has 4 aromatic rings. The van der Waals surface area contributed by atoms with Gasteiger partial charge in [0.2, 0.25) is 17.7 Å². The lowest BCUT2D eigenvalue weighted by Gasteiger charge is -2.20. The van der Waals surface area contributed by atoms with E-state index in [0.717, 1.165) is 44.0 Å². The molecule has 12 heteroatoms. The first kappa shape index (κ1) is 31.5. The molecule has 1 amide bonds. The zero-order valence-electron chi connectivity index (χ0n) is 25.7. The molecule has 45 heavy (non-hydrogen) atoms. The number of anilines is 4. The summed E-state index contributed by atoms with van der Waals surface area (Å²) >= 11 is 0. The number of ether oxygens (including phenoxy) is 2. The van der Waals surface area contributed by atoms with Gasteiger partial charge in [0, 0.05) is 68.7 Å². The Kier molecular flexibility index (Phi) is 9.65. The molecule has 12 nitrogen and oxygen atoms in total. The summed E-state index contributed by atoms with van der Waals surface area (Å²) in [5, 5.41) is 20.0. The highest BCUT2D eigenvalue weighted by molar-refractivity contribution is 5.99. The number of hydrogen-bond donors (Lipinski definition) is 4. The summed E-state index contributed by atoms with van der Waals surface area (Å²) < 4.78 is 13.2. The number of likely N-dealkylation sites (tertiary alicyclic amines) is 1. The van der Waals surface area contributed by atoms with Gasteiger partial charge < -0.3 is 35.1 Å². The molecule has 1 fully saturated rings. The molecule has 0 aliphatic carbocycles. The number of carbonyl (C=O) groups excluding carboxylic acids is 1. The standard InChI is InChI=1S/C33H39N7O5/c1-5-28(41)35-24-7-6-8-26(19-24)45-30-27-14-16-40(21-33(2,3)31(42)43)29(27)37-32(38-30)36-23-11-9-22(10-12-23)34-25-13-15-39(20-25)17-18-44-4/h5-12,14,16,19,25,34H,1,13,15,17-18,20-21H2,2-4H3,(H,35,41)(H,42,43)(H,36,37,38)/t25-/m0/s1. The third kappa shape index (κ3) is 7.97. The Labute approximate surface area is 262 Å². The van der Waals surface area contributed by atoms with Crippen molar-refractivity contribution in [1.82, 2.24) is 19.4 Å². The first-order valence-corrected chi connectivity index (χ1v) is 14.8. The summed E-state index contributed by atoms with van der Waals surface area (Å²) in [6.45, 7) is 10.7. The van der Waals surface area contributed by atoms with Gasteiger partial charge in [0.1, 0.15) is 11.4 Å².